The first-order valence-corrected chi connectivity index (χ1v) is 13.0. The zero-order valence-corrected chi connectivity index (χ0v) is 20.4. The molecule has 2 aromatic heterocycles. The van der Waals surface area contributed by atoms with Crippen molar-refractivity contribution in [1.29, 1.82) is 0 Å². The Bertz CT molecular complexity index is 1610. The van der Waals surface area contributed by atoms with E-state index in [1.54, 1.807) is 12.1 Å². The number of benzene rings is 2. The van der Waals surface area contributed by atoms with E-state index in [4.69, 9.17) is 4.74 Å². The number of hydrogen-bond donors (Lipinski definition) is 1. The molecule has 0 spiro atoms. The summed E-state index contributed by atoms with van der Waals surface area (Å²) in [4.78, 5) is 13.7. The van der Waals surface area contributed by atoms with Crippen LogP contribution in [0.4, 0.5) is 18.9 Å². The Labute approximate surface area is 208 Å². The molecule has 0 amide bonds. The zero-order chi connectivity index (χ0) is 25.8. The lowest BCUT2D eigenvalue weighted by molar-refractivity contribution is -0.137. The first-order valence-electron chi connectivity index (χ1n) is 10.7. The fourth-order valence-corrected chi connectivity index (χ4v) is 6.62. The van der Waals surface area contributed by atoms with E-state index < -0.39 is 27.7 Å². The summed E-state index contributed by atoms with van der Waals surface area (Å²) in [6, 6.07) is 11.7. The molecule has 0 radical (unpaired) electrons. The first kappa shape index (κ1) is 24.2. The molecule has 2 aromatic carbocycles. The third-order valence-corrected chi connectivity index (χ3v) is 8.78. The number of ether oxygens (including phenoxy) is 1. The van der Waals surface area contributed by atoms with Gasteiger partial charge in [-0.05, 0) is 54.6 Å². The summed E-state index contributed by atoms with van der Waals surface area (Å²) >= 11 is 0.976. The van der Waals surface area contributed by atoms with Gasteiger partial charge < -0.3 is 14.7 Å². The molecule has 188 valence electrons. The molecular weight excluding hydrogens is 517 g/mol. The van der Waals surface area contributed by atoms with Crippen LogP contribution in [-0.4, -0.2) is 43.7 Å². The fourth-order valence-electron chi connectivity index (χ4n) is 4.19. The second-order valence-electron chi connectivity index (χ2n) is 8.32. The van der Waals surface area contributed by atoms with E-state index in [0.717, 1.165) is 33.5 Å². The number of aromatic carboxylic acids is 1. The van der Waals surface area contributed by atoms with Crippen molar-refractivity contribution in [3.63, 3.8) is 0 Å². The fraction of sp³-hybridized carbons (Fsp3) is 0.208. The van der Waals surface area contributed by atoms with Gasteiger partial charge in [-0.1, -0.05) is 0 Å². The van der Waals surface area contributed by atoms with Gasteiger partial charge in [0.25, 0.3) is 10.0 Å². The number of carboxylic acids is 1. The smallest absolute Gasteiger partial charge is 0.416 e. The maximum absolute atomic E-state index is 13.9. The molecule has 0 bridgehead atoms. The van der Waals surface area contributed by atoms with Crippen LogP contribution < -0.4 is 9.64 Å². The molecule has 0 atom stereocenters. The average Bonchev–Trinajstić information content (AvgIpc) is 3.43. The molecule has 4 aromatic rings. The van der Waals surface area contributed by atoms with E-state index in [2.05, 4.69) is 0 Å². The van der Waals surface area contributed by atoms with Gasteiger partial charge in [0.05, 0.1) is 28.2 Å². The van der Waals surface area contributed by atoms with Crippen molar-refractivity contribution in [3.8, 4) is 5.75 Å². The molecule has 3 heterocycles. The second kappa shape index (κ2) is 8.56. The molecule has 0 saturated heterocycles. The third-order valence-electron chi connectivity index (χ3n) is 5.95. The van der Waals surface area contributed by atoms with Crippen molar-refractivity contribution in [3.05, 3.63) is 75.6 Å². The van der Waals surface area contributed by atoms with Crippen LogP contribution in [0.25, 0.3) is 10.9 Å². The summed E-state index contributed by atoms with van der Waals surface area (Å²) in [5.41, 5.74) is -0.00207. The molecule has 5 rings (SSSR count). The van der Waals surface area contributed by atoms with Crippen molar-refractivity contribution in [2.75, 3.05) is 25.1 Å². The maximum atomic E-state index is 13.9. The zero-order valence-electron chi connectivity index (χ0n) is 18.7. The number of carboxylic acid groups (broad SMARTS) is 1. The maximum Gasteiger partial charge on any atom is 0.416 e. The number of carbonyl (C=O) groups is 1. The summed E-state index contributed by atoms with van der Waals surface area (Å²) in [5.74, 6) is -0.579. The Hall–Kier alpha value is -3.51. The number of thiophene rings is 1. The average molecular weight is 537 g/mol. The van der Waals surface area contributed by atoms with E-state index in [1.807, 2.05) is 11.9 Å². The Balaban J connectivity index is 1.68. The van der Waals surface area contributed by atoms with Crippen LogP contribution in [0.3, 0.4) is 0 Å². The number of alkyl halides is 3. The van der Waals surface area contributed by atoms with Crippen LogP contribution in [0.1, 0.15) is 25.8 Å². The molecule has 7 nitrogen and oxygen atoms in total. The van der Waals surface area contributed by atoms with E-state index in [0.29, 0.717) is 29.5 Å². The van der Waals surface area contributed by atoms with Crippen LogP contribution in [0.5, 0.6) is 5.75 Å². The highest BCUT2D eigenvalue weighted by molar-refractivity contribution is 7.90. The molecule has 0 aliphatic carbocycles. The van der Waals surface area contributed by atoms with E-state index in [1.165, 1.54) is 24.3 Å². The van der Waals surface area contributed by atoms with Gasteiger partial charge in [0.15, 0.2) is 0 Å². The van der Waals surface area contributed by atoms with Gasteiger partial charge in [0.2, 0.25) is 0 Å². The molecular formula is C24H19F3N2O5S2. The minimum Gasteiger partial charge on any atom is -0.490 e. The number of rotatable bonds is 5. The lowest BCUT2D eigenvalue weighted by atomic mass is 10.1. The summed E-state index contributed by atoms with van der Waals surface area (Å²) in [6.07, 6.45) is -4.58. The van der Waals surface area contributed by atoms with E-state index in [-0.39, 0.29) is 32.8 Å². The SMILES string of the molecule is CN1CCOc2ccc(S(=O)(=O)n3c(Cc4ccc(C(=O)O)s4)cc4cc(C(F)(F)F)ccc43)cc21. The highest BCUT2D eigenvalue weighted by Crippen LogP contribution is 2.37. The quantitative estimate of drug-likeness (QED) is 0.383. The highest BCUT2D eigenvalue weighted by Gasteiger charge is 2.32. The number of hydrogen-bond acceptors (Lipinski definition) is 6. The normalized spacial score (nSPS) is 14.1. The molecule has 0 unspecified atom stereocenters. The van der Waals surface area contributed by atoms with Crippen molar-refractivity contribution in [2.45, 2.75) is 17.5 Å². The Kier molecular flexibility index (Phi) is 5.75. The largest absolute Gasteiger partial charge is 0.490 e. The van der Waals surface area contributed by atoms with Gasteiger partial charge in [0.1, 0.15) is 17.2 Å². The molecule has 36 heavy (non-hydrogen) atoms. The minimum atomic E-state index is -4.59. The standard InChI is InChI=1S/C24H19F3N2O5S2/c1-28-8-9-34-21-6-4-18(13-20(21)28)36(32,33)29-16(12-17-3-7-22(35-17)23(30)31)11-14-10-15(24(25,26)27)2-5-19(14)29/h2-7,10-11,13H,8-9,12H2,1H3,(H,30,31). The first-order chi connectivity index (χ1) is 16.9. The third kappa shape index (κ3) is 4.20. The minimum absolute atomic E-state index is 0.0150. The van der Waals surface area contributed by atoms with Gasteiger partial charge in [-0.25, -0.2) is 17.2 Å². The molecule has 1 aliphatic rings. The lowest BCUT2D eigenvalue weighted by Crippen LogP contribution is -2.29. The molecule has 12 heteroatoms. The molecule has 1 N–H and O–H groups in total. The van der Waals surface area contributed by atoms with Crippen molar-refractivity contribution >= 4 is 43.9 Å². The highest BCUT2D eigenvalue weighted by atomic mass is 32.2. The number of aromatic nitrogens is 1. The van der Waals surface area contributed by atoms with Crippen LogP contribution in [-0.2, 0) is 22.6 Å². The molecule has 0 saturated carbocycles. The van der Waals surface area contributed by atoms with E-state index in [9.17, 15) is 31.5 Å². The number of anilines is 1. The van der Waals surface area contributed by atoms with E-state index >= 15 is 0 Å². The van der Waals surface area contributed by atoms with Crippen molar-refractivity contribution in [2.24, 2.45) is 0 Å². The van der Waals surface area contributed by atoms with Crippen LogP contribution in [0.15, 0.2) is 59.5 Å². The number of likely N-dealkylation sites (N-methyl/N-ethyl adjacent to an activating group) is 1. The van der Waals surface area contributed by atoms with Gasteiger partial charge in [-0.3, -0.25) is 0 Å². The molecule has 0 fully saturated rings. The summed E-state index contributed by atoms with van der Waals surface area (Å²) in [5, 5.41) is 9.33. The number of nitrogens with zero attached hydrogens (tertiary/aromatic N) is 2. The van der Waals surface area contributed by atoms with Gasteiger partial charge in [0, 0.05) is 29.4 Å². The van der Waals surface area contributed by atoms with Crippen molar-refractivity contribution < 1.29 is 36.2 Å². The summed E-state index contributed by atoms with van der Waals surface area (Å²) in [6.45, 7) is 1.03. The Morgan fingerprint density at radius 1 is 1.11 bits per heavy atom. The Morgan fingerprint density at radius 3 is 2.58 bits per heavy atom. The predicted molar refractivity (Wildman–Crippen MR) is 129 cm³/mol. The van der Waals surface area contributed by atoms with Crippen molar-refractivity contribution in [1.82, 2.24) is 3.97 Å². The Morgan fingerprint density at radius 2 is 1.89 bits per heavy atom. The topological polar surface area (TPSA) is 88.8 Å². The van der Waals surface area contributed by atoms with Gasteiger partial charge in [-0.2, -0.15) is 13.2 Å². The second-order valence-corrected chi connectivity index (χ2v) is 11.3. The summed E-state index contributed by atoms with van der Waals surface area (Å²) in [7, 11) is -2.44. The van der Waals surface area contributed by atoms with Gasteiger partial charge >= 0.3 is 12.1 Å². The van der Waals surface area contributed by atoms with Crippen LogP contribution in [0, 0.1) is 0 Å². The number of halogens is 3. The van der Waals surface area contributed by atoms with Crippen LogP contribution >= 0.6 is 11.3 Å². The van der Waals surface area contributed by atoms with Gasteiger partial charge in [-0.15, -0.1) is 11.3 Å². The lowest BCUT2D eigenvalue weighted by Gasteiger charge is -2.28. The summed E-state index contributed by atoms with van der Waals surface area (Å²) < 4.78 is 74.5. The molecule has 1 aliphatic heterocycles. The number of fused-ring (bicyclic) bond motifs is 2. The van der Waals surface area contributed by atoms with Crippen LogP contribution in [0.2, 0.25) is 0 Å². The predicted octanol–water partition coefficient (Wildman–Crippen LogP) is 5.08. The monoisotopic (exact) mass is 536 g/mol.